The van der Waals surface area contributed by atoms with Crippen molar-refractivity contribution in [2.75, 3.05) is 43.1 Å². The Kier molecular flexibility index (Phi) is 11.3. The van der Waals surface area contributed by atoms with Gasteiger partial charge in [-0.2, -0.15) is 8.78 Å². The highest BCUT2D eigenvalue weighted by Gasteiger charge is 2.41. The average Bonchev–Trinajstić information content (AvgIpc) is 4.20. The molecule has 2 atom stereocenters. The maximum atomic E-state index is 14.3. The van der Waals surface area contributed by atoms with Crippen LogP contribution in [0.1, 0.15) is 46.2 Å². The Labute approximate surface area is 387 Å². The van der Waals surface area contributed by atoms with Gasteiger partial charge in [-0.3, -0.25) is 14.4 Å². The van der Waals surface area contributed by atoms with Gasteiger partial charge in [0.15, 0.2) is 0 Å². The molecule has 14 nitrogen and oxygen atoms in total. The van der Waals surface area contributed by atoms with E-state index in [-0.39, 0.29) is 23.5 Å². The highest BCUT2D eigenvalue weighted by atomic mass is 32.1. The summed E-state index contributed by atoms with van der Waals surface area (Å²) in [6.07, 6.45) is 6.60. The number of anilines is 2. The molecule has 5 heterocycles. The Balaban J connectivity index is 0.805. The highest BCUT2D eigenvalue weighted by Crippen LogP contribution is 2.42. The van der Waals surface area contributed by atoms with Crippen molar-refractivity contribution in [2.24, 2.45) is 16.1 Å². The third-order valence-electron chi connectivity index (χ3n) is 12.3. The monoisotopic (exact) mass is 948 g/mol. The Morgan fingerprint density at radius 3 is 2.40 bits per heavy atom. The largest absolute Gasteiger partial charge is 0.466 e. The van der Waals surface area contributed by atoms with Crippen LogP contribution in [-0.2, 0) is 20.7 Å². The lowest BCUT2D eigenvalue weighted by molar-refractivity contribution is -0.141. The number of fused-ring (bicyclic) bond motifs is 6. The lowest BCUT2D eigenvalue weighted by Crippen LogP contribution is -2.33. The van der Waals surface area contributed by atoms with Crippen molar-refractivity contribution in [2.45, 2.75) is 32.2 Å². The summed E-state index contributed by atoms with van der Waals surface area (Å²) < 4.78 is 80.0. The van der Waals surface area contributed by atoms with Gasteiger partial charge in [-0.25, -0.2) is 22.9 Å². The highest BCUT2D eigenvalue weighted by molar-refractivity contribution is 7.21. The van der Waals surface area contributed by atoms with Crippen LogP contribution in [0.3, 0.4) is 0 Å². The third-order valence-corrected chi connectivity index (χ3v) is 13.2. The summed E-state index contributed by atoms with van der Waals surface area (Å²) >= 11 is 1.32. The fourth-order valence-electron chi connectivity index (χ4n) is 8.98. The molecule has 0 fully saturated rings. The van der Waals surface area contributed by atoms with Crippen molar-refractivity contribution in [3.8, 4) is 5.75 Å². The van der Waals surface area contributed by atoms with E-state index < -0.39 is 52.8 Å². The number of esters is 2. The number of amides is 2. The molecule has 0 spiro atoms. The zero-order valence-electron chi connectivity index (χ0n) is 36.0. The first-order valence-electron chi connectivity index (χ1n) is 21.4. The first kappa shape index (κ1) is 44.1. The Morgan fingerprint density at radius 1 is 0.882 bits per heavy atom. The molecule has 2 amide bonds. The average molecular weight is 949 g/mol. The van der Waals surface area contributed by atoms with Crippen molar-refractivity contribution < 1.29 is 50.6 Å². The molecule has 4 aromatic carbocycles. The summed E-state index contributed by atoms with van der Waals surface area (Å²) in [5.74, 6) is -15.7. The molecule has 1 aliphatic carbocycles. The molecule has 2 unspecified atom stereocenters. The van der Waals surface area contributed by atoms with E-state index in [9.17, 15) is 41.1 Å². The van der Waals surface area contributed by atoms with Crippen LogP contribution < -0.4 is 19.9 Å². The van der Waals surface area contributed by atoms with Crippen LogP contribution in [0.2, 0.25) is 0 Å². The first-order chi connectivity index (χ1) is 32.7. The van der Waals surface area contributed by atoms with Crippen molar-refractivity contribution >= 4 is 78.4 Å². The van der Waals surface area contributed by atoms with Gasteiger partial charge in [0.2, 0.25) is 40.0 Å². The lowest BCUT2D eigenvalue weighted by Gasteiger charge is -2.25. The van der Waals surface area contributed by atoms with E-state index in [4.69, 9.17) is 4.74 Å². The van der Waals surface area contributed by atoms with Crippen molar-refractivity contribution in [3.63, 3.8) is 0 Å². The van der Waals surface area contributed by atoms with Gasteiger partial charge in [-0.1, -0.05) is 17.4 Å². The summed E-state index contributed by atoms with van der Waals surface area (Å²) in [5, 5.41) is 12.8. The number of aromatic nitrogens is 2. The predicted octanol–water partition coefficient (Wildman–Crippen LogP) is 9.23. The minimum absolute atomic E-state index is 0.187. The normalized spacial score (nSPS) is 17.2. The van der Waals surface area contributed by atoms with Gasteiger partial charge < -0.3 is 34.5 Å². The minimum atomic E-state index is -2.38. The number of nitrogens with zero attached hydrogens (tertiary/aromatic N) is 6. The van der Waals surface area contributed by atoms with Crippen molar-refractivity contribution in [3.05, 3.63) is 142 Å². The molecule has 3 aliphatic heterocycles. The first-order valence-corrected chi connectivity index (χ1v) is 22.2. The Hall–Kier alpha value is -7.74. The van der Waals surface area contributed by atoms with Crippen molar-refractivity contribution in [1.29, 1.82) is 0 Å². The topological polar surface area (TPSA) is 162 Å². The van der Waals surface area contributed by atoms with Gasteiger partial charge in [0.1, 0.15) is 11.4 Å². The Bertz CT molecular complexity index is 3230. The van der Waals surface area contributed by atoms with Crippen LogP contribution in [0.4, 0.5) is 44.1 Å². The lowest BCUT2D eigenvalue weighted by atomic mass is 9.87. The molecule has 0 bridgehead atoms. The van der Waals surface area contributed by atoms with Crippen molar-refractivity contribution in [1.82, 2.24) is 20.2 Å². The van der Waals surface area contributed by atoms with E-state index in [0.717, 1.165) is 38.1 Å². The second-order valence-corrected chi connectivity index (χ2v) is 17.5. The zero-order valence-corrected chi connectivity index (χ0v) is 36.9. The smallest absolute Gasteiger partial charge is 0.359 e. The van der Waals surface area contributed by atoms with Crippen LogP contribution in [0, 0.1) is 35.0 Å². The van der Waals surface area contributed by atoms with Crippen LogP contribution in [-0.4, -0.2) is 78.0 Å². The maximum absolute atomic E-state index is 14.3. The van der Waals surface area contributed by atoms with Gasteiger partial charge in [0.25, 0.3) is 11.8 Å². The summed E-state index contributed by atoms with van der Waals surface area (Å²) in [5.41, 5.74) is 6.66. The fraction of sp³-hybridized carbons (Fsp3) is 0.229. The quantitative estimate of drug-likeness (QED) is 0.0245. The van der Waals surface area contributed by atoms with Gasteiger partial charge in [-0.15, -0.1) is 10.2 Å². The summed E-state index contributed by atoms with van der Waals surface area (Å²) in [6, 6.07) is 17.9. The second-order valence-electron chi connectivity index (χ2n) is 16.5. The zero-order chi connectivity index (χ0) is 47.5. The number of H-pyrrole nitrogens is 1. The number of ether oxygens (including phenoxy) is 2. The summed E-state index contributed by atoms with van der Waals surface area (Å²) in [7, 11) is 1.96. The molecular weight excluding hydrogens is 912 g/mol. The van der Waals surface area contributed by atoms with Crippen LogP contribution >= 0.6 is 11.3 Å². The minimum Gasteiger partial charge on any atom is -0.466 e. The summed E-state index contributed by atoms with van der Waals surface area (Å²) in [6.45, 7) is 3.21. The molecule has 0 saturated carbocycles. The molecule has 2 aromatic heterocycles. The number of aromatic amines is 1. The number of nitrogens with one attached hydrogen (secondary N) is 2. The number of rotatable bonds is 11. The van der Waals surface area contributed by atoms with Gasteiger partial charge in [-0.05, 0) is 103 Å². The standard InChI is InChI=1S/C48H37F5N8O6S/c1-23(62)66-19-3-16-59(2)26-7-5-25(6-8-26)57-58-48-56-33-9-4-24(20-38(33)68-48)45(63)60-17-14-27-29-21-34(54-31(29)10-12-36(27)60)46(64)61-18-15-28-30-22-35(55-32(30)11-13-37(28)61)47(65)67-44-42(52)40(50)39(49)41(51)43(44)53/h4-13,20-22,30,32,54-55H,3,14-19H2,1-2H3. The number of carbonyl (C=O) groups is 4. The molecule has 0 saturated heterocycles. The molecule has 4 aliphatic rings. The van der Waals surface area contributed by atoms with Gasteiger partial charge in [0, 0.05) is 73.1 Å². The fourth-order valence-corrected chi connectivity index (χ4v) is 9.80. The van der Waals surface area contributed by atoms with Crippen LogP contribution in [0.5, 0.6) is 5.75 Å². The molecule has 20 heteroatoms. The molecule has 0 radical (unpaired) electrons. The van der Waals surface area contributed by atoms with E-state index in [0.29, 0.717) is 78.8 Å². The number of carbonyl (C=O) groups excluding carboxylic acids is 4. The number of hydrogen-bond acceptors (Lipinski definition) is 12. The van der Waals surface area contributed by atoms with E-state index in [1.807, 2.05) is 43.4 Å². The maximum Gasteiger partial charge on any atom is 0.359 e. The Morgan fingerprint density at radius 2 is 1.63 bits per heavy atom. The molecule has 6 aromatic rings. The predicted molar refractivity (Wildman–Crippen MR) is 241 cm³/mol. The molecule has 2 N–H and O–H groups in total. The van der Waals surface area contributed by atoms with E-state index in [2.05, 4.69) is 35.2 Å². The van der Waals surface area contributed by atoms with E-state index in [1.165, 1.54) is 24.3 Å². The van der Waals surface area contributed by atoms with E-state index >= 15 is 0 Å². The van der Waals surface area contributed by atoms with Crippen LogP contribution in [0.15, 0.2) is 106 Å². The van der Waals surface area contributed by atoms with Gasteiger partial charge >= 0.3 is 11.9 Å². The number of thiazole rings is 1. The number of azo groups is 1. The SMILES string of the molecule is CC(=O)OCCCN(C)c1ccc(N=Nc2nc3ccc(C(=O)N4CCc5c4ccc4[nH]c(C(=O)N6CCC7=C6C=CC6NC(C(=O)Oc8c(F)c(F)c(F)c(F)c8F)=CC76)cc54)cc3s2)cc1. The third kappa shape index (κ3) is 7.92. The van der Waals surface area contributed by atoms with E-state index in [1.54, 1.807) is 46.2 Å². The number of hydrogen-bond donors (Lipinski definition) is 2. The second kappa shape index (κ2) is 17.5. The van der Waals surface area contributed by atoms with Gasteiger partial charge in [0.05, 0.1) is 28.6 Å². The molecule has 10 rings (SSSR count). The number of benzene rings is 4. The number of allylic oxidation sites excluding steroid dienone is 1. The molecule has 346 valence electrons. The molecule has 68 heavy (non-hydrogen) atoms. The van der Waals surface area contributed by atoms with Crippen LogP contribution in [0.25, 0.3) is 21.1 Å². The summed E-state index contributed by atoms with van der Waals surface area (Å²) in [4.78, 5) is 65.3. The molecular formula is C48H37F5N8O6S. The number of halogens is 5.